The van der Waals surface area contributed by atoms with E-state index in [4.69, 9.17) is 30.0 Å². The van der Waals surface area contributed by atoms with Crippen molar-refractivity contribution in [2.75, 3.05) is 63.9 Å². The first-order valence-electron chi connectivity index (χ1n) is 18.9. The van der Waals surface area contributed by atoms with Crippen LogP contribution in [0.5, 0.6) is 0 Å². The number of nitrogen functional groups attached to an aromatic ring is 2. The maximum Gasteiger partial charge on any atom is 0.403 e. The molecule has 60 heavy (non-hydrogen) atoms. The Balaban J connectivity index is 0.767. The summed E-state index contributed by atoms with van der Waals surface area (Å²) < 4.78 is 49.0. The van der Waals surface area contributed by atoms with Gasteiger partial charge in [-0.25, -0.2) is 29.3 Å². The average Bonchev–Trinajstić information content (AvgIpc) is 3.94. The van der Waals surface area contributed by atoms with Crippen molar-refractivity contribution in [1.82, 2.24) is 59.8 Å². The molecule has 2 aliphatic rings. The van der Waals surface area contributed by atoms with Crippen LogP contribution < -0.4 is 43.4 Å². The minimum Gasteiger partial charge on any atom is -0.387 e. The number of rotatable bonds is 23. The molecule has 4 aromatic rings. The van der Waals surface area contributed by atoms with Crippen LogP contribution in [0.1, 0.15) is 38.1 Å². The first-order chi connectivity index (χ1) is 28.5. The minimum atomic E-state index is -4.28. The van der Waals surface area contributed by atoms with Gasteiger partial charge in [0.25, 0.3) is 11.1 Å². The van der Waals surface area contributed by atoms with Gasteiger partial charge in [-0.3, -0.25) is 37.7 Å². The maximum absolute atomic E-state index is 12.5. The van der Waals surface area contributed by atoms with Crippen LogP contribution in [-0.4, -0.2) is 158 Å². The predicted molar refractivity (Wildman–Crippen MR) is 209 cm³/mol. The first-order valence-corrected chi connectivity index (χ1v) is 22.0. The van der Waals surface area contributed by atoms with Crippen LogP contribution in [0.25, 0.3) is 22.3 Å². The second-order valence-corrected chi connectivity index (χ2v) is 17.2. The predicted octanol–water partition coefficient (Wildman–Crippen LogP) is -4.19. The number of fused-ring (bicyclic) bond motifs is 2. The van der Waals surface area contributed by atoms with Crippen LogP contribution in [0.2, 0.25) is 0 Å². The van der Waals surface area contributed by atoms with Gasteiger partial charge in [-0.2, -0.15) is 9.97 Å². The number of ether oxygens (including phenoxy) is 2. The van der Waals surface area contributed by atoms with Crippen LogP contribution in [0.4, 0.5) is 11.9 Å². The molecule has 334 valence electrons. The molecule has 28 nitrogen and oxygen atoms in total. The number of hydrogen-bond acceptors (Lipinski definition) is 20. The van der Waals surface area contributed by atoms with Gasteiger partial charge in [0.05, 0.1) is 25.9 Å². The van der Waals surface area contributed by atoms with Gasteiger partial charge >= 0.3 is 15.5 Å². The summed E-state index contributed by atoms with van der Waals surface area (Å²) in [7, 11) is -8.56. The lowest BCUT2D eigenvalue weighted by Gasteiger charge is -2.18. The van der Waals surface area contributed by atoms with Crippen LogP contribution >= 0.6 is 15.5 Å². The van der Waals surface area contributed by atoms with E-state index in [1.54, 1.807) is 0 Å². The van der Waals surface area contributed by atoms with Gasteiger partial charge in [0.2, 0.25) is 11.9 Å². The molecular formula is C30H50N14O14P2. The third-order valence-electron chi connectivity index (χ3n) is 9.59. The van der Waals surface area contributed by atoms with Crippen LogP contribution in [0.15, 0.2) is 22.2 Å². The molecule has 4 aromatic heterocycles. The van der Waals surface area contributed by atoms with E-state index in [0.717, 1.165) is 12.8 Å². The van der Waals surface area contributed by atoms with Crippen LogP contribution in [-0.2, 0) is 27.7 Å². The van der Waals surface area contributed by atoms with Gasteiger partial charge in [-0.1, -0.05) is 0 Å². The number of nitrogens with zero attached hydrogens (tertiary/aromatic N) is 6. The Morgan fingerprint density at radius 2 is 1.03 bits per heavy atom. The van der Waals surface area contributed by atoms with Gasteiger partial charge in [-0.15, -0.1) is 0 Å². The molecule has 0 aliphatic carbocycles. The molecule has 16 N–H and O–H groups in total. The zero-order valence-corrected chi connectivity index (χ0v) is 33.7. The number of H-pyrrole nitrogens is 2. The molecule has 30 heteroatoms. The lowest BCUT2D eigenvalue weighted by Crippen LogP contribution is -2.34. The summed E-state index contributed by atoms with van der Waals surface area (Å²) in [5.41, 5.74) is 9.95. The summed E-state index contributed by atoms with van der Waals surface area (Å²) in [6.07, 6.45) is -5.69. The highest BCUT2D eigenvalue weighted by Crippen LogP contribution is 2.40. The van der Waals surface area contributed by atoms with Gasteiger partial charge in [0, 0.05) is 13.1 Å². The number of aliphatic hydroxyl groups is 4. The summed E-state index contributed by atoms with van der Waals surface area (Å²) in [5.74, 6) is -0.369. The number of aliphatic hydroxyl groups excluding tert-OH is 4. The fourth-order valence-electron chi connectivity index (χ4n) is 6.51. The molecule has 0 amide bonds. The quantitative estimate of drug-likeness (QED) is 0.0248. The SMILES string of the molecule is Nc1nc2c(ncn2[C@@H]2O[C@H](COP(=O)(O)NCCCNCCCCNCCCNP(=O)(O)OC[C@H]3O[C@@H](n4cnc5c(=O)[nH]c(N)nc54)[C@H](O)[C@@H]3O)[C@@H](O)[C@H]2O)c(=O)[nH]1. The Bertz CT molecular complexity index is 2120. The van der Waals surface area contributed by atoms with Crippen LogP contribution in [0.3, 0.4) is 0 Å². The van der Waals surface area contributed by atoms with E-state index in [1.165, 1.54) is 21.8 Å². The molecule has 0 saturated carbocycles. The lowest BCUT2D eigenvalue weighted by atomic mass is 10.1. The van der Waals surface area contributed by atoms with Crippen molar-refractivity contribution in [2.24, 2.45) is 0 Å². The molecule has 0 spiro atoms. The average molecular weight is 893 g/mol. The number of imidazole rings is 2. The molecule has 6 rings (SSSR count). The van der Waals surface area contributed by atoms with E-state index >= 15 is 0 Å². The number of nitrogens with one attached hydrogen (secondary N) is 6. The number of aromatic amines is 2. The van der Waals surface area contributed by atoms with Crippen LogP contribution in [0, 0.1) is 0 Å². The van der Waals surface area contributed by atoms with E-state index in [2.05, 4.69) is 50.7 Å². The normalized spacial score (nSPS) is 26.6. The van der Waals surface area contributed by atoms with Gasteiger partial charge in [0.1, 0.15) is 36.6 Å². The van der Waals surface area contributed by atoms with E-state index in [-0.39, 0.29) is 47.3 Å². The molecule has 2 fully saturated rings. The second kappa shape index (κ2) is 19.9. The van der Waals surface area contributed by atoms with Crippen molar-refractivity contribution in [3.05, 3.63) is 33.4 Å². The van der Waals surface area contributed by atoms with Gasteiger partial charge in [-0.05, 0) is 51.9 Å². The Labute approximate surface area is 339 Å². The highest BCUT2D eigenvalue weighted by molar-refractivity contribution is 7.50. The van der Waals surface area contributed by atoms with Crippen molar-refractivity contribution in [3.63, 3.8) is 0 Å². The molecule has 0 bridgehead atoms. The Kier molecular flexibility index (Phi) is 15.2. The van der Waals surface area contributed by atoms with Crippen molar-refractivity contribution in [2.45, 2.75) is 74.8 Å². The second-order valence-electron chi connectivity index (χ2n) is 14.0. The fraction of sp³-hybridized carbons (Fsp3) is 0.667. The van der Waals surface area contributed by atoms with E-state index in [9.17, 15) is 48.9 Å². The molecule has 10 atom stereocenters. The third-order valence-corrected chi connectivity index (χ3v) is 11.8. The largest absolute Gasteiger partial charge is 0.403 e. The monoisotopic (exact) mass is 892 g/mol. The minimum absolute atomic E-state index is 0.0191. The van der Waals surface area contributed by atoms with Gasteiger partial charge in [0.15, 0.2) is 34.8 Å². The third kappa shape index (κ3) is 11.2. The van der Waals surface area contributed by atoms with E-state index < -0.39 is 88.9 Å². The first kappa shape index (κ1) is 45.7. The Hall–Kier alpha value is -3.80. The Morgan fingerprint density at radius 1 is 0.650 bits per heavy atom. The van der Waals surface area contributed by atoms with E-state index in [0.29, 0.717) is 39.0 Å². The summed E-state index contributed by atoms with van der Waals surface area (Å²) in [6, 6.07) is 0. The van der Waals surface area contributed by atoms with Crippen molar-refractivity contribution in [1.29, 1.82) is 0 Å². The fourth-order valence-corrected chi connectivity index (χ4v) is 8.27. The van der Waals surface area contributed by atoms with Crippen molar-refractivity contribution in [3.8, 4) is 0 Å². The van der Waals surface area contributed by atoms with Crippen molar-refractivity contribution >= 4 is 49.7 Å². The maximum atomic E-state index is 12.5. The zero-order valence-electron chi connectivity index (χ0n) is 31.9. The lowest BCUT2D eigenvalue weighted by molar-refractivity contribution is -0.0487. The summed E-state index contributed by atoms with van der Waals surface area (Å²) in [4.78, 5) is 65.1. The molecule has 0 aromatic carbocycles. The summed E-state index contributed by atoms with van der Waals surface area (Å²) >= 11 is 0. The molecule has 2 aliphatic heterocycles. The number of aromatic nitrogens is 8. The number of anilines is 2. The number of hydrogen-bond donors (Lipinski definition) is 14. The molecule has 0 radical (unpaired) electrons. The smallest absolute Gasteiger partial charge is 0.387 e. The van der Waals surface area contributed by atoms with E-state index in [1.807, 2.05) is 0 Å². The van der Waals surface area contributed by atoms with Gasteiger partial charge < -0.3 is 61.8 Å². The Morgan fingerprint density at radius 3 is 1.43 bits per heavy atom. The van der Waals surface area contributed by atoms with Crippen molar-refractivity contribution < 1.29 is 57.9 Å². The molecular weight excluding hydrogens is 842 g/mol. The summed E-state index contributed by atoms with van der Waals surface area (Å²) in [6.45, 7) is 1.75. The molecule has 6 heterocycles. The highest BCUT2D eigenvalue weighted by Gasteiger charge is 2.46. The molecule has 2 unspecified atom stereocenters. The summed E-state index contributed by atoms with van der Waals surface area (Å²) in [5, 5.41) is 53.4. The topological polar surface area (TPSA) is 420 Å². The number of nitrogens with two attached hydrogens (primary N) is 2. The highest BCUT2D eigenvalue weighted by atomic mass is 31.2. The number of unbranched alkanes of at least 4 members (excludes halogenated alkanes) is 1. The standard InChI is InChI=1S/C30H50N14O14P2/c31-29-39-23-17(25(49)41-29)35-13-43(23)27-21(47)19(45)15(57-27)11-55-59(51,52)37-9-3-7-33-5-1-2-6-34-8-4-10-38-60(53,54)56-12-16-20(46)22(48)28(58-16)44-14-36-18-24(44)40-30(32)42-26(18)50/h13-16,19-22,27-28,33-34,45-48H,1-12H2,(H2,37,51,52)(H2,38,53,54)(H3,31,39,41,49)(H3,32,40,42,50)/t15-,16-,19-,20-,21-,22-,27-,28-/m1/s1. The molecule has 2 saturated heterocycles. The zero-order chi connectivity index (χ0) is 43.2.